The Morgan fingerprint density at radius 3 is 2.23 bits per heavy atom. The van der Waals surface area contributed by atoms with Crippen LogP contribution in [0.2, 0.25) is 0 Å². The van der Waals surface area contributed by atoms with Crippen LogP contribution in [0.5, 0.6) is 11.5 Å². The number of aromatic nitrogens is 1. The molecule has 0 fully saturated rings. The highest BCUT2D eigenvalue weighted by molar-refractivity contribution is 7.09. The summed E-state index contributed by atoms with van der Waals surface area (Å²) in [4.78, 5) is 15.5. The van der Waals surface area contributed by atoms with Crippen LogP contribution < -0.4 is 9.47 Å². The summed E-state index contributed by atoms with van der Waals surface area (Å²) in [5.41, 5.74) is 0.777. The number of halogens is 3. The highest BCUT2D eigenvalue weighted by Gasteiger charge is 2.24. The molecule has 9 heteroatoms. The quantitative estimate of drug-likeness (QED) is 0.256. The number of aldehydes is 1. The molecule has 0 aliphatic carbocycles. The van der Waals surface area contributed by atoms with Gasteiger partial charge in [-0.3, -0.25) is 4.79 Å². The molecule has 0 saturated carbocycles. The first kappa shape index (κ1) is 32.4. The average Bonchev–Trinajstić information content (AvgIpc) is 3.30. The van der Waals surface area contributed by atoms with E-state index in [0.29, 0.717) is 30.9 Å². The van der Waals surface area contributed by atoms with E-state index in [0.717, 1.165) is 35.7 Å². The topological polar surface area (TPSA) is 68.7 Å². The van der Waals surface area contributed by atoms with Gasteiger partial charge in [-0.05, 0) is 57.0 Å². The zero-order chi connectivity index (χ0) is 26.9. The van der Waals surface area contributed by atoms with Gasteiger partial charge in [0.25, 0.3) is 0 Å². The molecule has 0 radical (unpaired) electrons. The van der Waals surface area contributed by atoms with Gasteiger partial charge in [0.05, 0.1) is 23.7 Å². The lowest BCUT2D eigenvalue weighted by Crippen LogP contribution is -2.29. The first-order valence-corrected chi connectivity index (χ1v) is 12.1. The molecule has 0 saturated heterocycles. The van der Waals surface area contributed by atoms with Crippen molar-refractivity contribution in [2.45, 2.75) is 65.7 Å². The number of ether oxygens (including phenoxy) is 2. The summed E-state index contributed by atoms with van der Waals surface area (Å²) >= 11 is 1.49. The summed E-state index contributed by atoms with van der Waals surface area (Å²) in [5, 5.41) is 9.80. The molecule has 1 N–H and O–H groups in total. The van der Waals surface area contributed by atoms with Crippen molar-refractivity contribution in [2.75, 3.05) is 13.7 Å². The van der Waals surface area contributed by atoms with E-state index in [9.17, 15) is 18.0 Å². The van der Waals surface area contributed by atoms with Crippen molar-refractivity contribution in [3.05, 3.63) is 58.6 Å². The van der Waals surface area contributed by atoms with Crippen molar-refractivity contribution in [3.63, 3.8) is 0 Å². The molecule has 0 amide bonds. The molecule has 1 aromatic carbocycles. The Morgan fingerprint density at radius 2 is 1.69 bits per heavy atom. The van der Waals surface area contributed by atoms with E-state index in [1.54, 1.807) is 38.1 Å². The lowest BCUT2D eigenvalue weighted by Gasteiger charge is -2.19. The zero-order valence-electron chi connectivity index (χ0n) is 21.2. The summed E-state index contributed by atoms with van der Waals surface area (Å²) in [6.45, 7) is 9.65. The molecule has 0 bridgehead atoms. The zero-order valence-corrected chi connectivity index (χ0v) is 22.0. The molecule has 1 aromatic heterocycles. The summed E-state index contributed by atoms with van der Waals surface area (Å²) in [5.74, 6) is 1.26. The van der Waals surface area contributed by atoms with E-state index in [1.165, 1.54) is 17.4 Å². The van der Waals surface area contributed by atoms with E-state index in [-0.39, 0.29) is 0 Å². The van der Waals surface area contributed by atoms with E-state index in [2.05, 4.69) is 4.98 Å². The minimum Gasteiger partial charge on any atom is -0.493 e. The third kappa shape index (κ3) is 13.7. The highest BCUT2D eigenvalue weighted by atomic mass is 32.1. The van der Waals surface area contributed by atoms with Gasteiger partial charge in [-0.15, -0.1) is 11.3 Å². The van der Waals surface area contributed by atoms with E-state index < -0.39 is 18.2 Å². The maximum Gasteiger partial charge on any atom is 0.392 e. The molecule has 2 aromatic rings. The van der Waals surface area contributed by atoms with Crippen LogP contribution in [0.3, 0.4) is 0 Å². The van der Waals surface area contributed by atoms with E-state index in [1.807, 2.05) is 32.2 Å². The average molecular weight is 516 g/mol. The van der Waals surface area contributed by atoms with Crippen LogP contribution in [0.4, 0.5) is 13.2 Å². The van der Waals surface area contributed by atoms with Crippen LogP contribution in [0.25, 0.3) is 5.57 Å². The fourth-order valence-corrected chi connectivity index (χ4v) is 3.36. The maximum absolute atomic E-state index is 12.2. The molecule has 0 unspecified atom stereocenters. The SMILES string of the molecule is C/C=C(\C/C=C\CC(F)(F)F)c1csc(CCOc2ccc(OC(C)(C)C=O)cc2)n1.CC.CO. The van der Waals surface area contributed by atoms with Crippen molar-refractivity contribution in [3.8, 4) is 11.5 Å². The molecule has 196 valence electrons. The van der Waals surface area contributed by atoms with Crippen LogP contribution in [0, 0.1) is 0 Å². The summed E-state index contributed by atoms with van der Waals surface area (Å²) in [6.07, 6.45) is 1.19. The monoisotopic (exact) mass is 515 g/mol. The van der Waals surface area contributed by atoms with E-state index in [4.69, 9.17) is 14.6 Å². The fraction of sp³-hybridized carbons (Fsp3) is 0.462. The number of hydrogen-bond acceptors (Lipinski definition) is 6. The minimum atomic E-state index is -4.18. The van der Waals surface area contributed by atoms with E-state index >= 15 is 0 Å². The first-order chi connectivity index (χ1) is 16.6. The Labute approximate surface area is 210 Å². The van der Waals surface area contributed by atoms with Gasteiger partial charge in [-0.1, -0.05) is 32.1 Å². The molecule has 2 rings (SSSR count). The molecular weight excluding hydrogens is 479 g/mol. The van der Waals surface area contributed by atoms with Crippen molar-refractivity contribution in [1.82, 2.24) is 4.98 Å². The Hall–Kier alpha value is -2.65. The predicted molar refractivity (Wildman–Crippen MR) is 136 cm³/mol. The minimum absolute atomic E-state index is 0.404. The highest BCUT2D eigenvalue weighted by Crippen LogP contribution is 2.24. The molecule has 0 aliphatic rings. The van der Waals surface area contributed by atoms with Crippen LogP contribution >= 0.6 is 11.3 Å². The number of aliphatic hydroxyl groups excluding tert-OH is 1. The fourth-order valence-electron chi connectivity index (χ4n) is 2.56. The molecule has 0 aliphatic heterocycles. The van der Waals surface area contributed by atoms with Gasteiger partial charge >= 0.3 is 6.18 Å². The number of allylic oxidation sites excluding steroid dienone is 4. The van der Waals surface area contributed by atoms with Crippen LogP contribution in [-0.2, 0) is 11.2 Å². The van der Waals surface area contributed by atoms with Crippen molar-refractivity contribution in [1.29, 1.82) is 0 Å². The standard InChI is InChI=1S/C23H26F3NO3S.C2H6.CH4O/c1-4-17(7-5-6-13-23(24,25)26)20-15-31-21(27-20)12-14-29-18-8-10-19(11-9-18)30-22(2,3)16-28;2*1-2/h4-6,8-11,15-16H,7,12-14H2,1-3H3;1-2H3;2H,1H3/b6-5-,17-4+;;. The van der Waals surface area contributed by atoms with Crippen molar-refractivity contribution >= 4 is 23.2 Å². The van der Waals surface area contributed by atoms with Gasteiger partial charge < -0.3 is 14.6 Å². The number of benzene rings is 1. The Kier molecular flexibility index (Phi) is 15.6. The summed E-state index contributed by atoms with van der Waals surface area (Å²) in [7, 11) is 1.00. The molecule has 0 atom stereocenters. The second-order valence-electron chi connectivity index (χ2n) is 7.33. The Bertz CT molecular complexity index is 904. The number of alkyl halides is 3. The maximum atomic E-state index is 12.2. The number of aliphatic hydroxyl groups is 1. The van der Waals surface area contributed by atoms with Gasteiger partial charge in [-0.25, -0.2) is 4.98 Å². The molecule has 5 nitrogen and oxygen atoms in total. The molecule has 1 heterocycles. The van der Waals surface area contributed by atoms with Gasteiger partial charge in [-0.2, -0.15) is 13.2 Å². The van der Waals surface area contributed by atoms with Crippen LogP contribution in [-0.4, -0.2) is 41.9 Å². The number of rotatable bonds is 11. The number of carbonyl (C=O) groups is 1. The number of carbonyl (C=O) groups excluding carboxylic acids is 1. The second kappa shape index (κ2) is 16.9. The third-order valence-corrected chi connectivity index (χ3v) is 5.06. The Balaban J connectivity index is 0.00000274. The summed E-state index contributed by atoms with van der Waals surface area (Å²) in [6, 6.07) is 7.03. The molecule has 0 spiro atoms. The number of hydrogen-bond donors (Lipinski definition) is 1. The molecular formula is C26H36F3NO4S. The van der Waals surface area contributed by atoms with Gasteiger partial charge in [0.2, 0.25) is 0 Å². The van der Waals surface area contributed by atoms with Crippen molar-refractivity contribution < 1.29 is 32.5 Å². The van der Waals surface area contributed by atoms with Gasteiger partial charge in [0.15, 0.2) is 11.9 Å². The third-order valence-electron chi connectivity index (χ3n) is 4.16. The Morgan fingerprint density at radius 1 is 1.09 bits per heavy atom. The largest absolute Gasteiger partial charge is 0.493 e. The van der Waals surface area contributed by atoms with Crippen LogP contribution in [0.1, 0.15) is 58.2 Å². The first-order valence-electron chi connectivity index (χ1n) is 11.3. The normalized spacial score (nSPS) is 11.8. The van der Waals surface area contributed by atoms with Gasteiger partial charge in [0, 0.05) is 18.9 Å². The lowest BCUT2D eigenvalue weighted by molar-refractivity contribution is -0.125. The molecule has 35 heavy (non-hydrogen) atoms. The van der Waals surface area contributed by atoms with Crippen LogP contribution in [0.15, 0.2) is 47.9 Å². The lowest BCUT2D eigenvalue weighted by atomic mass is 10.1. The van der Waals surface area contributed by atoms with Crippen molar-refractivity contribution in [2.24, 2.45) is 0 Å². The summed E-state index contributed by atoms with van der Waals surface area (Å²) < 4.78 is 48.0. The number of nitrogens with zero attached hydrogens (tertiary/aromatic N) is 1. The second-order valence-corrected chi connectivity index (χ2v) is 8.27. The predicted octanol–water partition coefficient (Wildman–Crippen LogP) is 7.06. The van der Waals surface area contributed by atoms with Gasteiger partial charge in [0.1, 0.15) is 11.5 Å². The number of thiazole rings is 1. The smallest absolute Gasteiger partial charge is 0.392 e.